The molecule has 7 rings (SSSR count). The Kier molecular flexibility index (Phi) is 5.17. The third-order valence-corrected chi connectivity index (χ3v) is 8.58. The summed E-state index contributed by atoms with van der Waals surface area (Å²) in [7, 11) is 0. The predicted molar refractivity (Wildman–Crippen MR) is 141 cm³/mol. The molecule has 3 aliphatic rings. The van der Waals surface area contributed by atoms with Gasteiger partial charge in [0.1, 0.15) is 23.8 Å². The molecule has 0 radical (unpaired) electrons. The Hall–Kier alpha value is -4.46. The molecule has 0 bridgehead atoms. The van der Waals surface area contributed by atoms with Crippen LogP contribution in [-0.4, -0.2) is 33.8 Å². The van der Waals surface area contributed by atoms with E-state index < -0.39 is 22.6 Å². The molecule has 0 saturated carbocycles. The molecule has 0 atom stereocenters. The highest BCUT2D eigenvalue weighted by molar-refractivity contribution is 5.96. The van der Waals surface area contributed by atoms with E-state index in [-0.39, 0.29) is 29.9 Å². The molecule has 39 heavy (non-hydrogen) atoms. The monoisotopic (exact) mass is 525 g/mol. The van der Waals surface area contributed by atoms with Gasteiger partial charge >= 0.3 is 0 Å². The molecule has 0 unspecified atom stereocenters. The van der Waals surface area contributed by atoms with Gasteiger partial charge in [-0.3, -0.25) is 19.3 Å². The summed E-state index contributed by atoms with van der Waals surface area (Å²) in [6.07, 6.45) is 2.83. The summed E-state index contributed by atoms with van der Waals surface area (Å²) in [5.74, 6) is -1.98. The second-order valence-electron chi connectivity index (χ2n) is 10.5. The van der Waals surface area contributed by atoms with Crippen LogP contribution in [-0.2, 0) is 24.8 Å². The maximum Gasteiger partial charge on any atom is 0.277 e. The molecule has 8 heteroatoms. The fraction of sp³-hybridized carbons (Fsp3) is 0.226. The Labute approximate surface area is 223 Å². The van der Waals surface area contributed by atoms with Gasteiger partial charge in [-0.25, -0.2) is 8.78 Å². The molecule has 3 aromatic carbocycles. The molecule has 2 heterocycles. The minimum Gasteiger partial charge on any atom is -0.502 e. The van der Waals surface area contributed by atoms with E-state index in [2.05, 4.69) is 0 Å². The van der Waals surface area contributed by atoms with Gasteiger partial charge in [0.2, 0.25) is 5.43 Å². The number of rotatable bonds is 4. The summed E-state index contributed by atoms with van der Waals surface area (Å²) >= 11 is 0. The van der Waals surface area contributed by atoms with Gasteiger partial charge in [-0.05, 0) is 59.2 Å². The van der Waals surface area contributed by atoms with Gasteiger partial charge in [0, 0.05) is 24.7 Å². The van der Waals surface area contributed by atoms with E-state index >= 15 is 8.78 Å². The predicted octanol–water partition coefficient (Wildman–Crippen LogP) is 4.10. The van der Waals surface area contributed by atoms with Crippen LogP contribution >= 0.6 is 0 Å². The van der Waals surface area contributed by atoms with Crippen molar-refractivity contribution in [3.63, 3.8) is 0 Å². The number of carbonyl (C=O) groups excluding carboxylic acids is 1. The van der Waals surface area contributed by atoms with E-state index in [0.717, 1.165) is 5.56 Å². The standard InChI is InChI=1S/C31H25F2N3O3/c32-25-10-4-8-23-21(25)16-20-17-22-24(9-5-11-26(22)33)31(20,23)36-18-34(14-12-19-6-2-1-3-7-19)30(39)28-29(38)27(37)13-15-35(28)36/h1-11,13,15,20,38H,12,14,16-18H2. The number of halogens is 2. The molecule has 1 aliphatic heterocycles. The van der Waals surface area contributed by atoms with Crippen molar-refractivity contribution < 1.29 is 18.7 Å². The summed E-state index contributed by atoms with van der Waals surface area (Å²) in [6.45, 7) is 0.429. The summed E-state index contributed by atoms with van der Waals surface area (Å²) in [5, 5.41) is 12.8. The zero-order valence-corrected chi connectivity index (χ0v) is 21.0. The van der Waals surface area contributed by atoms with Gasteiger partial charge in [-0.1, -0.05) is 54.6 Å². The lowest BCUT2D eigenvalue weighted by atomic mass is 9.81. The van der Waals surface area contributed by atoms with Crippen molar-refractivity contribution in [2.24, 2.45) is 5.92 Å². The van der Waals surface area contributed by atoms with Crippen LogP contribution in [0.2, 0.25) is 0 Å². The number of hydrogen-bond acceptors (Lipinski definition) is 4. The third kappa shape index (κ3) is 3.24. The van der Waals surface area contributed by atoms with Crippen molar-refractivity contribution in [2.45, 2.75) is 24.8 Å². The topological polar surface area (TPSA) is 65.8 Å². The molecule has 2 aliphatic carbocycles. The summed E-state index contributed by atoms with van der Waals surface area (Å²) < 4.78 is 31.9. The number of benzene rings is 3. The first-order valence-corrected chi connectivity index (χ1v) is 13.0. The maximum absolute atomic E-state index is 15.2. The first-order valence-electron chi connectivity index (χ1n) is 13.0. The lowest BCUT2D eigenvalue weighted by Gasteiger charge is -2.50. The zero-order valence-electron chi connectivity index (χ0n) is 21.0. The summed E-state index contributed by atoms with van der Waals surface area (Å²) in [5.41, 5.74) is 1.76. The molecule has 0 fully saturated rings. The van der Waals surface area contributed by atoms with Crippen molar-refractivity contribution in [3.05, 3.63) is 134 Å². The largest absolute Gasteiger partial charge is 0.502 e. The molecular formula is C31H25F2N3O3. The van der Waals surface area contributed by atoms with Gasteiger partial charge in [0.05, 0.1) is 0 Å². The molecular weight excluding hydrogens is 500 g/mol. The van der Waals surface area contributed by atoms with E-state index in [1.807, 2.05) is 47.5 Å². The first-order chi connectivity index (χ1) is 18.9. The van der Waals surface area contributed by atoms with Gasteiger partial charge in [0.25, 0.3) is 5.91 Å². The SMILES string of the molecule is O=C1c2c(O)c(=O)ccn2N(C23c4cccc(F)c4CC2Cc2c(F)cccc23)CN1CCc1ccccc1. The Morgan fingerprint density at radius 3 is 2.13 bits per heavy atom. The second-order valence-corrected chi connectivity index (χ2v) is 10.5. The summed E-state index contributed by atoms with van der Waals surface area (Å²) in [6, 6.07) is 20.9. The van der Waals surface area contributed by atoms with Crippen LogP contribution in [0.1, 0.15) is 38.3 Å². The maximum atomic E-state index is 15.2. The average molecular weight is 526 g/mol. The van der Waals surface area contributed by atoms with Crippen molar-refractivity contribution >= 4 is 5.91 Å². The number of aromatic nitrogens is 1. The lowest BCUT2D eigenvalue weighted by Crippen LogP contribution is -2.63. The van der Waals surface area contributed by atoms with E-state index in [1.165, 1.54) is 29.1 Å². The minimum atomic E-state index is -1.02. The minimum absolute atomic E-state index is 0.101. The Balaban J connectivity index is 1.45. The van der Waals surface area contributed by atoms with Crippen molar-refractivity contribution in [1.29, 1.82) is 0 Å². The molecule has 1 amide bonds. The molecule has 0 saturated heterocycles. The Bertz CT molecular complexity index is 1650. The summed E-state index contributed by atoms with van der Waals surface area (Å²) in [4.78, 5) is 27.8. The van der Waals surface area contributed by atoms with Crippen molar-refractivity contribution in [2.75, 3.05) is 18.2 Å². The fourth-order valence-corrected chi connectivity index (χ4v) is 6.90. The highest BCUT2D eigenvalue weighted by atomic mass is 19.1. The number of pyridine rings is 1. The molecule has 4 aromatic rings. The number of aromatic hydroxyl groups is 1. The Morgan fingerprint density at radius 1 is 0.846 bits per heavy atom. The molecule has 6 nitrogen and oxygen atoms in total. The van der Waals surface area contributed by atoms with Gasteiger partial charge in [0.15, 0.2) is 11.4 Å². The van der Waals surface area contributed by atoms with Crippen LogP contribution < -0.4 is 10.4 Å². The first kappa shape index (κ1) is 23.6. The zero-order chi connectivity index (χ0) is 26.9. The van der Waals surface area contributed by atoms with Crippen LogP contribution in [0.15, 0.2) is 83.8 Å². The van der Waals surface area contributed by atoms with Crippen molar-refractivity contribution in [3.8, 4) is 5.75 Å². The number of carbonyl (C=O) groups is 1. The normalized spacial score (nSPS) is 21.0. The van der Waals surface area contributed by atoms with Crippen molar-refractivity contribution in [1.82, 2.24) is 9.58 Å². The van der Waals surface area contributed by atoms with Crippen LogP contribution in [0.3, 0.4) is 0 Å². The number of fused-ring (bicyclic) bond motifs is 6. The van der Waals surface area contributed by atoms with E-state index in [1.54, 1.807) is 17.0 Å². The fourth-order valence-electron chi connectivity index (χ4n) is 6.90. The van der Waals surface area contributed by atoms with Crippen LogP contribution in [0.4, 0.5) is 8.78 Å². The van der Waals surface area contributed by atoms with E-state index in [4.69, 9.17) is 0 Å². The second kappa shape index (κ2) is 8.53. The molecule has 1 aromatic heterocycles. The van der Waals surface area contributed by atoms with Gasteiger partial charge < -0.3 is 10.0 Å². The quantitative estimate of drug-likeness (QED) is 0.436. The average Bonchev–Trinajstić information content (AvgIpc) is 3.44. The number of nitrogens with zero attached hydrogens (tertiary/aromatic N) is 3. The molecule has 196 valence electrons. The van der Waals surface area contributed by atoms with Gasteiger partial charge in [-0.2, -0.15) is 0 Å². The third-order valence-electron chi connectivity index (χ3n) is 8.58. The Morgan fingerprint density at radius 2 is 1.49 bits per heavy atom. The smallest absolute Gasteiger partial charge is 0.277 e. The van der Waals surface area contributed by atoms with E-state index in [0.29, 0.717) is 48.1 Å². The number of amides is 1. The highest BCUT2D eigenvalue weighted by Gasteiger charge is 2.59. The van der Waals surface area contributed by atoms with Crippen LogP contribution in [0.25, 0.3) is 0 Å². The van der Waals surface area contributed by atoms with Crippen LogP contribution in [0.5, 0.6) is 5.75 Å². The van der Waals surface area contributed by atoms with Crippen LogP contribution in [0, 0.1) is 17.6 Å². The van der Waals surface area contributed by atoms with Gasteiger partial charge in [-0.15, -0.1) is 0 Å². The molecule has 0 spiro atoms. The van der Waals surface area contributed by atoms with E-state index in [9.17, 15) is 14.7 Å². The highest BCUT2D eigenvalue weighted by Crippen LogP contribution is 2.57. The molecule has 1 N–H and O–H groups in total. The number of hydrogen-bond donors (Lipinski definition) is 1. The lowest BCUT2D eigenvalue weighted by molar-refractivity contribution is 0.0649.